The van der Waals surface area contributed by atoms with Crippen molar-refractivity contribution in [2.75, 3.05) is 12.4 Å². The van der Waals surface area contributed by atoms with Crippen LogP contribution in [0.1, 0.15) is 32.3 Å². The lowest BCUT2D eigenvalue weighted by Crippen LogP contribution is -2.16. The standard InChI is InChI=1S/C15H23BrO/c1-4-7-12(2)14(11-16)10-13-8-5-6-9-15(13)17-3/h5-6,8-9,12,14H,4,7,10-11H2,1-3H3. The van der Waals surface area contributed by atoms with Crippen LogP contribution in [0.25, 0.3) is 0 Å². The topological polar surface area (TPSA) is 9.23 Å². The number of alkyl halides is 1. The molecule has 0 saturated heterocycles. The molecule has 0 aliphatic heterocycles. The van der Waals surface area contributed by atoms with Gasteiger partial charge in [0, 0.05) is 5.33 Å². The third kappa shape index (κ3) is 4.34. The minimum absolute atomic E-state index is 0.686. The molecule has 0 bridgehead atoms. The van der Waals surface area contributed by atoms with E-state index in [2.05, 4.69) is 41.9 Å². The number of halogens is 1. The first-order valence-electron chi connectivity index (χ1n) is 6.40. The molecule has 0 heterocycles. The van der Waals surface area contributed by atoms with Crippen LogP contribution in [-0.2, 0) is 6.42 Å². The van der Waals surface area contributed by atoms with Crippen molar-refractivity contribution in [3.8, 4) is 5.75 Å². The summed E-state index contributed by atoms with van der Waals surface area (Å²) in [5.41, 5.74) is 1.32. The predicted molar refractivity (Wildman–Crippen MR) is 78.1 cm³/mol. The van der Waals surface area contributed by atoms with Gasteiger partial charge in [0.15, 0.2) is 0 Å². The van der Waals surface area contributed by atoms with Gasteiger partial charge in [0.1, 0.15) is 5.75 Å². The third-order valence-electron chi connectivity index (χ3n) is 3.42. The lowest BCUT2D eigenvalue weighted by Gasteiger charge is -2.22. The average molecular weight is 299 g/mol. The van der Waals surface area contributed by atoms with E-state index in [0.717, 1.165) is 23.4 Å². The highest BCUT2D eigenvalue weighted by Gasteiger charge is 2.17. The molecule has 0 saturated carbocycles. The van der Waals surface area contributed by atoms with Crippen LogP contribution < -0.4 is 4.74 Å². The Morgan fingerprint density at radius 1 is 1.29 bits per heavy atom. The Morgan fingerprint density at radius 2 is 2.00 bits per heavy atom. The second kappa shape index (κ2) is 7.75. The van der Waals surface area contributed by atoms with Gasteiger partial charge < -0.3 is 4.74 Å². The lowest BCUT2D eigenvalue weighted by molar-refractivity contribution is 0.357. The second-order valence-corrected chi connectivity index (χ2v) is 5.34. The van der Waals surface area contributed by atoms with Gasteiger partial charge in [0.2, 0.25) is 0 Å². The first-order valence-corrected chi connectivity index (χ1v) is 7.52. The minimum Gasteiger partial charge on any atom is -0.496 e. The molecule has 1 nitrogen and oxygen atoms in total. The van der Waals surface area contributed by atoms with Crippen molar-refractivity contribution < 1.29 is 4.74 Å². The highest BCUT2D eigenvalue weighted by Crippen LogP contribution is 2.27. The fourth-order valence-corrected chi connectivity index (χ4v) is 3.12. The SMILES string of the molecule is CCCC(C)C(CBr)Cc1ccccc1OC. The molecule has 0 spiro atoms. The molecule has 0 aromatic heterocycles. The van der Waals surface area contributed by atoms with Gasteiger partial charge >= 0.3 is 0 Å². The van der Waals surface area contributed by atoms with Crippen LogP contribution in [-0.4, -0.2) is 12.4 Å². The highest BCUT2D eigenvalue weighted by molar-refractivity contribution is 9.09. The van der Waals surface area contributed by atoms with Crippen LogP contribution in [0.15, 0.2) is 24.3 Å². The quantitative estimate of drug-likeness (QED) is 0.664. The largest absolute Gasteiger partial charge is 0.496 e. The Labute approximate surface area is 114 Å². The van der Waals surface area contributed by atoms with Crippen LogP contribution in [0.5, 0.6) is 5.75 Å². The summed E-state index contributed by atoms with van der Waals surface area (Å²) in [4.78, 5) is 0. The molecule has 2 atom stereocenters. The molecule has 0 radical (unpaired) electrons. The molecule has 0 amide bonds. The number of ether oxygens (including phenoxy) is 1. The fraction of sp³-hybridized carbons (Fsp3) is 0.600. The third-order valence-corrected chi connectivity index (χ3v) is 4.25. The molecule has 0 fully saturated rings. The van der Waals surface area contributed by atoms with Crippen molar-refractivity contribution in [1.29, 1.82) is 0 Å². The summed E-state index contributed by atoms with van der Waals surface area (Å²) >= 11 is 3.65. The highest BCUT2D eigenvalue weighted by atomic mass is 79.9. The van der Waals surface area contributed by atoms with Crippen LogP contribution in [0.3, 0.4) is 0 Å². The zero-order valence-electron chi connectivity index (χ0n) is 11.1. The number of rotatable bonds is 7. The van der Waals surface area contributed by atoms with Crippen molar-refractivity contribution in [2.45, 2.75) is 33.1 Å². The summed E-state index contributed by atoms with van der Waals surface area (Å²) in [6.45, 7) is 4.61. The van der Waals surface area contributed by atoms with Gasteiger partial charge in [-0.15, -0.1) is 0 Å². The summed E-state index contributed by atoms with van der Waals surface area (Å²) in [5, 5.41) is 1.06. The zero-order valence-corrected chi connectivity index (χ0v) is 12.7. The van der Waals surface area contributed by atoms with Crippen LogP contribution in [0.4, 0.5) is 0 Å². The molecular weight excluding hydrogens is 276 g/mol. The summed E-state index contributed by atoms with van der Waals surface area (Å²) in [5.74, 6) is 2.46. The van der Waals surface area contributed by atoms with E-state index in [4.69, 9.17) is 4.74 Å². The first kappa shape index (κ1) is 14.6. The maximum Gasteiger partial charge on any atom is 0.122 e. The van der Waals surface area contributed by atoms with E-state index in [9.17, 15) is 0 Å². The van der Waals surface area contributed by atoms with Gasteiger partial charge in [-0.05, 0) is 29.9 Å². The van der Waals surface area contributed by atoms with Crippen LogP contribution in [0, 0.1) is 11.8 Å². The summed E-state index contributed by atoms with van der Waals surface area (Å²) in [6.07, 6.45) is 3.65. The van der Waals surface area contributed by atoms with Gasteiger partial charge in [-0.2, -0.15) is 0 Å². The molecule has 0 N–H and O–H groups in total. The van der Waals surface area contributed by atoms with Gasteiger partial charge in [-0.3, -0.25) is 0 Å². The summed E-state index contributed by atoms with van der Waals surface area (Å²) < 4.78 is 5.42. The number of para-hydroxylation sites is 1. The van der Waals surface area contributed by atoms with E-state index in [1.807, 2.05) is 12.1 Å². The van der Waals surface area contributed by atoms with Crippen molar-refractivity contribution in [2.24, 2.45) is 11.8 Å². The van der Waals surface area contributed by atoms with Gasteiger partial charge in [0.25, 0.3) is 0 Å². The Bertz CT molecular complexity index is 324. The maximum atomic E-state index is 5.42. The molecule has 1 aromatic carbocycles. The van der Waals surface area contributed by atoms with E-state index in [1.54, 1.807) is 7.11 Å². The fourth-order valence-electron chi connectivity index (χ4n) is 2.25. The number of hydrogen-bond acceptors (Lipinski definition) is 1. The Morgan fingerprint density at radius 3 is 2.59 bits per heavy atom. The van der Waals surface area contributed by atoms with Gasteiger partial charge in [0.05, 0.1) is 7.11 Å². The maximum absolute atomic E-state index is 5.42. The predicted octanol–water partition coefficient (Wildman–Crippen LogP) is 4.69. The molecule has 96 valence electrons. The van der Waals surface area contributed by atoms with Crippen molar-refractivity contribution in [3.05, 3.63) is 29.8 Å². The Balaban J connectivity index is 2.73. The smallest absolute Gasteiger partial charge is 0.122 e. The molecule has 2 unspecified atom stereocenters. The number of benzene rings is 1. The van der Waals surface area contributed by atoms with Crippen LogP contribution >= 0.6 is 15.9 Å². The van der Waals surface area contributed by atoms with E-state index < -0.39 is 0 Å². The lowest BCUT2D eigenvalue weighted by atomic mass is 9.86. The molecule has 17 heavy (non-hydrogen) atoms. The monoisotopic (exact) mass is 298 g/mol. The summed E-state index contributed by atoms with van der Waals surface area (Å²) in [7, 11) is 1.75. The zero-order chi connectivity index (χ0) is 12.7. The Kier molecular flexibility index (Phi) is 6.64. The van der Waals surface area contributed by atoms with E-state index in [1.165, 1.54) is 18.4 Å². The second-order valence-electron chi connectivity index (χ2n) is 4.70. The molecule has 2 heteroatoms. The van der Waals surface area contributed by atoms with Gasteiger partial charge in [-0.1, -0.05) is 60.8 Å². The van der Waals surface area contributed by atoms with Crippen molar-refractivity contribution >= 4 is 15.9 Å². The molecule has 1 aromatic rings. The summed E-state index contributed by atoms with van der Waals surface area (Å²) in [6, 6.07) is 8.34. The molecule has 0 aliphatic carbocycles. The molecular formula is C15H23BrO. The van der Waals surface area contributed by atoms with Crippen molar-refractivity contribution in [3.63, 3.8) is 0 Å². The normalized spacial score (nSPS) is 14.4. The molecule has 0 aliphatic rings. The number of methoxy groups -OCH3 is 1. The average Bonchev–Trinajstić information content (AvgIpc) is 2.36. The first-order chi connectivity index (χ1) is 8.22. The van der Waals surface area contributed by atoms with E-state index in [-0.39, 0.29) is 0 Å². The number of hydrogen-bond donors (Lipinski definition) is 0. The van der Waals surface area contributed by atoms with E-state index in [0.29, 0.717) is 5.92 Å². The van der Waals surface area contributed by atoms with Gasteiger partial charge in [-0.25, -0.2) is 0 Å². The molecule has 1 rings (SSSR count). The Hall–Kier alpha value is -0.500. The van der Waals surface area contributed by atoms with Crippen LogP contribution in [0.2, 0.25) is 0 Å². The van der Waals surface area contributed by atoms with Crippen molar-refractivity contribution in [1.82, 2.24) is 0 Å². The minimum atomic E-state index is 0.686. The van der Waals surface area contributed by atoms with E-state index >= 15 is 0 Å².